The Labute approximate surface area is 177 Å². The Bertz CT molecular complexity index is 604. The summed E-state index contributed by atoms with van der Waals surface area (Å²) in [6.45, 7) is 9.60. The van der Waals surface area contributed by atoms with Crippen LogP contribution in [-0.2, 0) is 14.3 Å². The topological polar surface area (TPSA) is 55.8 Å². The van der Waals surface area contributed by atoms with Gasteiger partial charge >= 0.3 is 5.97 Å². The highest BCUT2D eigenvalue weighted by Crippen LogP contribution is 2.15. The van der Waals surface area contributed by atoms with E-state index in [2.05, 4.69) is 39.0 Å². The van der Waals surface area contributed by atoms with E-state index in [0.717, 1.165) is 58.0 Å². The van der Waals surface area contributed by atoms with Crippen LogP contribution in [0.4, 0.5) is 0 Å². The average Bonchev–Trinajstić information content (AvgIpc) is 2.68. The van der Waals surface area contributed by atoms with Crippen molar-refractivity contribution in [3.8, 4) is 0 Å². The summed E-state index contributed by atoms with van der Waals surface area (Å²) in [6, 6.07) is 0. The van der Waals surface area contributed by atoms with E-state index in [9.17, 15) is 4.79 Å². The van der Waals surface area contributed by atoms with Crippen molar-refractivity contribution in [3.63, 3.8) is 0 Å². The molecule has 1 fully saturated rings. The van der Waals surface area contributed by atoms with Gasteiger partial charge < -0.3 is 14.6 Å². The molecule has 0 saturated carbocycles. The van der Waals surface area contributed by atoms with Gasteiger partial charge in [0.05, 0.1) is 6.61 Å². The minimum Gasteiger partial charge on any atom is -0.478 e. The minimum atomic E-state index is -0.830. The molecule has 0 amide bonds. The molecule has 0 aromatic heterocycles. The number of allylic oxidation sites excluding steroid dienone is 6. The van der Waals surface area contributed by atoms with Gasteiger partial charge in [-0.25, -0.2) is 4.79 Å². The normalized spacial score (nSPS) is 19.5. The lowest BCUT2D eigenvalue weighted by Crippen LogP contribution is -2.22. The third-order valence-electron chi connectivity index (χ3n) is 5.24. The van der Waals surface area contributed by atoms with Gasteiger partial charge in [0.25, 0.3) is 0 Å². The number of carboxylic acids is 1. The van der Waals surface area contributed by atoms with Crippen molar-refractivity contribution in [3.05, 3.63) is 46.6 Å². The molecule has 29 heavy (non-hydrogen) atoms. The van der Waals surface area contributed by atoms with Gasteiger partial charge in [-0.05, 0) is 85.5 Å². The number of carboxylic acid groups (broad SMARTS) is 1. The van der Waals surface area contributed by atoms with Crippen molar-refractivity contribution in [1.82, 2.24) is 0 Å². The van der Waals surface area contributed by atoms with E-state index in [4.69, 9.17) is 14.6 Å². The molecular weight excluding hydrogens is 364 g/mol. The van der Waals surface area contributed by atoms with Gasteiger partial charge in [0.15, 0.2) is 6.29 Å². The zero-order valence-corrected chi connectivity index (χ0v) is 18.8. The van der Waals surface area contributed by atoms with Gasteiger partial charge in [-0.15, -0.1) is 0 Å². The second-order valence-corrected chi connectivity index (χ2v) is 8.09. The SMILES string of the molecule is CC(=CCCC(C)=CCOC1CCCCO1)CCC=C(C)CCC=C(C)C(=O)O. The van der Waals surface area contributed by atoms with E-state index >= 15 is 0 Å². The van der Waals surface area contributed by atoms with Crippen molar-refractivity contribution in [2.75, 3.05) is 13.2 Å². The lowest BCUT2D eigenvalue weighted by molar-refractivity contribution is -0.155. The second-order valence-electron chi connectivity index (χ2n) is 8.09. The lowest BCUT2D eigenvalue weighted by Gasteiger charge is -2.22. The summed E-state index contributed by atoms with van der Waals surface area (Å²) in [5.74, 6) is -0.830. The smallest absolute Gasteiger partial charge is 0.330 e. The van der Waals surface area contributed by atoms with Crippen LogP contribution in [0.15, 0.2) is 46.6 Å². The van der Waals surface area contributed by atoms with Crippen LogP contribution >= 0.6 is 0 Å². The average molecular weight is 405 g/mol. The largest absolute Gasteiger partial charge is 0.478 e. The van der Waals surface area contributed by atoms with Crippen LogP contribution < -0.4 is 0 Å². The third-order valence-corrected chi connectivity index (χ3v) is 5.24. The first-order valence-corrected chi connectivity index (χ1v) is 11.0. The van der Waals surface area contributed by atoms with E-state index in [1.165, 1.54) is 23.1 Å². The highest BCUT2D eigenvalue weighted by Gasteiger charge is 2.12. The minimum absolute atomic E-state index is 0.0105. The van der Waals surface area contributed by atoms with Gasteiger partial charge in [-0.1, -0.05) is 41.0 Å². The molecule has 0 spiro atoms. The van der Waals surface area contributed by atoms with Crippen LogP contribution in [0.5, 0.6) is 0 Å². The first-order chi connectivity index (χ1) is 13.9. The molecule has 1 rings (SSSR count). The molecule has 4 heteroatoms. The number of ether oxygens (including phenoxy) is 2. The van der Waals surface area contributed by atoms with Gasteiger partial charge in [0, 0.05) is 12.2 Å². The van der Waals surface area contributed by atoms with E-state index in [1.54, 1.807) is 13.0 Å². The molecule has 0 aromatic carbocycles. The Balaban J connectivity index is 2.18. The fourth-order valence-corrected chi connectivity index (χ4v) is 3.14. The molecule has 4 nitrogen and oxygen atoms in total. The lowest BCUT2D eigenvalue weighted by atomic mass is 10.0. The molecule has 1 heterocycles. The van der Waals surface area contributed by atoms with Crippen LogP contribution in [0.25, 0.3) is 0 Å². The summed E-state index contributed by atoms with van der Waals surface area (Å²) in [4.78, 5) is 10.8. The Kier molecular flexibility index (Phi) is 13.3. The van der Waals surface area contributed by atoms with Gasteiger partial charge in [-0.3, -0.25) is 0 Å². The summed E-state index contributed by atoms with van der Waals surface area (Å²) >= 11 is 0. The van der Waals surface area contributed by atoms with Gasteiger partial charge in [0.2, 0.25) is 0 Å². The Hall–Kier alpha value is -1.65. The predicted molar refractivity (Wildman–Crippen MR) is 120 cm³/mol. The highest BCUT2D eigenvalue weighted by atomic mass is 16.7. The summed E-state index contributed by atoms with van der Waals surface area (Å²) in [5.41, 5.74) is 4.54. The van der Waals surface area contributed by atoms with Crippen LogP contribution in [0.2, 0.25) is 0 Å². The number of hydrogen-bond acceptors (Lipinski definition) is 3. The third kappa shape index (κ3) is 13.2. The molecule has 0 radical (unpaired) electrons. The van der Waals surface area contributed by atoms with E-state index in [-0.39, 0.29) is 6.29 Å². The molecule has 0 aliphatic carbocycles. The molecule has 0 bridgehead atoms. The summed E-state index contributed by atoms with van der Waals surface area (Å²) in [6.07, 6.45) is 17.9. The highest BCUT2D eigenvalue weighted by molar-refractivity contribution is 5.85. The quantitative estimate of drug-likeness (QED) is 0.273. The first-order valence-electron chi connectivity index (χ1n) is 11.0. The van der Waals surface area contributed by atoms with E-state index in [1.807, 2.05) is 0 Å². The molecule has 1 saturated heterocycles. The number of aliphatic carboxylic acids is 1. The van der Waals surface area contributed by atoms with Gasteiger partial charge in [0.1, 0.15) is 0 Å². The Morgan fingerprint density at radius 3 is 1.97 bits per heavy atom. The van der Waals surface area contributed by atoms with Crippen LogP contribution in [0, 0.1) is 0 Å². The van der Waals surface area contributed by atoms with E-state index in [0.29, 0.717) is 12.2 Å². The molecule has 1 unspecified atom stereocenters. The number of carbonyl (C=O) groups is 1. The maximum atomic E-state index is 10.8. The fourth-order valence-electron chi connectivity index (χ4n) is 3.14. The predicted octanol–water partition coefficient (Wildman–Crippen LogP) is 6.74. The van der Waals surface area contributed by atoms with Crippen molar-refractivity contribution in [2.45, 2.75) is 91.8 Å². The molecule has 0 aromatic rings. The van der Waals surface area contributed by atoms with Crippen molar-refractivity contribution in [2.24, 2.45) is 0 Å². The Morgan fingerprint density at radius 1 is 0.897 bits per heavy atom. The van der Waals surface area contributed by atoms with Crippen LogP contribution in [0.1, 0.15) is 85.5 Å². The molecule has 1 aliphatic heterocycles. The van der Waals surface area contributed by atoms with E-state index < -0.39 is 5.97 Å². The summed E-state index contributed by atoms with van der Waals surface area (Å²) in [5, 5.41) is 8.85. The first kappa shape index (κ1) is 25.4. The van der Waals surface area contributed by atoms with Crippen molar-refractivity contribution >= 4 is 5.97 Å². The summed E-state index contributed by atoms with van der Waals surface area (Å²) in [7, 11) is 0. The molecular formula is C25H40O4. The number of hydrogen-bond donors (Lipinski definition) is 1. The standard InChI is InChI=1S/C25H40O4/c1-20(10-7-11-21(2)14-9-15-23(4)25(26)27)12-8-13-22(3)17-19-29-24-16-5-6-18-28-24/h11-12,15,17,24H,5-10,13-14,16,18-19H2,1-4H3,(H,26,27). The van der Waals surface area contributed by atoms with Crippen molar-refractivity contribution < 1.29 is 19.4 Å². The monoisotopic (exact) mass is 404 g/mol. The molecule has 1 N–H and O–H groups in total. The van der Waals surface area contributed by atoms with Crippen LogP contribution in [-0.4, -0.2) is 30.6 Å². The number of rotatable bonds is 13. The maximum absolute atomic E-state index is 10.8. The fraction of sp³-hybridized carbons (Fsp3) is 0.640. The van der Waals surface area contributed by atoms with Crippen LogP contribution in [0.3, 0.4) is 0 Å². The zero-order valence-electron chi connectivity index (χ0n) is 18.8. The maximum Gasteiger partial charge on any atom is 0.330 e. The van der Waals surface area contributed by atoms with Gasteiger partial charge in [-0.2, -0.15) is 0 Å². The molecule has 1 atom stereocenters. The molecule has 1 aliphatic rings. The summed E-state index contributed by atoms with van der Waals surface area (Å²) < 4.78 is 11.3. The Morgan fingerprint density at radius 2 is 1.45 bits per heavy atom. The van der Waals surface area contributed by atoms with Crippen molar-refractivity contribution in [1.29, 1.82) is 0 Å². The zero-order chi connectivity index (χ0) is 21.5. The second kappa shape index (κ2) is 15.2. The molecule has 164 valence electrons.